The number of nitrogen functional groups attached to an aromatic ring is 1. The largest absolute Gasteiger partial charge is 0.395 e. The molecule has 2 aromatic rings. The number of likely N-dealkylation sites (N-methyl/N-ethyl adjacent to an activating group) is 1. The van der Waals surface area contributed by atoms with Crippen molar-refractivity contribution in [2.45, 2.75) is 25.8 Å². The van der Waals surface area contributed by atoms with Gasteiger partial charge in [0.15, 0.2) is 0 Å². The van der Waals surface area contributed by atoms with Crippen molar-refractivity contribution in [1.29, 1.82) is 0 Å². The summed E-state index contributed by atoms with van der Waals surface area (Å²) in [6.07, 6.45) is 2.58. The molecule has 1 aliphatic rings. The number of thiazole rings is 1. The smallest absolute Gasteiger partial charge is 0.106 e. The van der Waals surface area contributed by atoms with Gasteiger partial charge in [-0.25, -0.2) is 4.98 Å². The van der Waals surface area contributed by atoms with E-state index in [4.69, 9.17) is 5.73 Å². The summed E-state index contributed by atoms with van der Waals surface area (Å²) in [5, 5.41) is 3.50. The van der Waals surface area contributed by atoms with Gasteiger partial charge in [-0.1, -0.05) is 6.92 Å². The fraction of sp³-hybridized carbons (Fsp3) is 0.500. The number of fused-ring (bicyclic) bond motifs is 1. The molecular weight excluding hydrogens is 256 g/mol. The third-order valence-electron chi connectivity index (χ3n) is 3.97. The molecule has 0 aliphatic carbocycles. The molecule has 1 aromatic heterocycles. The third kappa shape index (κ3) is 2.40. The number of nitrogens with zero attached hydrogens (tertiary/aromatic N) is 2. The van der Waals surface area contributed by atoms with E-state index in [1.165, 1.54) is 19.4 Å². The number of anilines is 2. The Morgan fingerprint density at radius 2 is 2.42 bits per heavy atom. The molecule has 1 unspecified atom stereocenters. The molecule has 0 saturated carbocycles. The number of rotatable bonds is 4. The second kappa shape index (κ2) is 5.35. The monoisotopic (exact) mass is 276 g/mol. The molecule has 0 spiro atoms. The van der Waals surface area contributed by atoms with E-state index in [1.807, 2.05) is 5.51 Å². The van der Waals surface area contributed by atoms with Crippen LogP contribution in [-0.2, 0) is 0 Å². The van der Waals surface area contributed by atoms with Gasteiger partial charge in [0, 0.05) is 12.6 Å². The van der Waals surface area contributed by atoms with Crippen molar-refractivity contribution in [3.8, 4) is 0 Å². The van der Waals surface area contributed by atoms with Crippen LogP contribution in [0.2, 0.25) is 0 Å². The predicted molar refractivity (Wildman–Crippen MR) is 82.8 cm³/mol. The van der Waals surface area contributed by atoms with Crippen LogP contribution in [0, 0.1) is 0 Å². The zero-order chi connectivity index (χ0) is 13.2. The van der Waals surface area contributed by atoms with E-state index >= 15 is 0 Å². The van der Waals surface area contributed by atoms with E-state index in [0.29, 0.717) is 6.04 Å². The van der Waals surface area contributed by atoms with Gasteiger partial charge in [-0.3, -0.25) is 4.90 Å². The lowest BCUT2D eigenvalue weighted by molar-refractivity contribution is 0.277. The molecule has 1 aromatic carbocycles. The van der Waals surface area contributed by atoms with Crippen molar-refractivity contribution >= 4 is 32.9 Å². The Morgan fingerprint density at radius 1 is 1.53 bits per heavy atom. The molecule has 0 radical (unpaired) electrons. The van der Waals surface area contributed by atoms with E-state index in [-0.39, 0.29) is 0 Å². The van der Waals surface area contributed by atoms with Crippen molar-refractivity contribution < 1.29 is 0 Å². The Bertz CT molecular complexity index is 566. The minimum Gasteiger partial charge on any atom is -0.395 e. The highest BCUT2D eigenvalue weighted by molar-refractivity contribution is 7.16. The number of hydrogen-bond donors (Lipinski definition) is 2. The van der Waals surface area contributed by atoms with Gasteiger partial charge in [-0.2, -0.15) is 0 Å². The first-order chi connectivity index (χ1) is 9.29. The van der Waals surface area contributed by atoms with Gasteiger partial charge in [-0.15, -0.1) is 11.3 Å². The van der Waals surface area contributed by atoms with E-state index in [9.17, 15) is 0 Å². The van der Waals surface area contributed by atoms with Crippen LogP contribution in [0.5, 0.6) is 0 Å². The Hall–Kier alpha value is -1.33. The topological polar surface area (TPSA) is 54.2 Å². The van der Waals surface area contributed by atoms with Crippen LogP contribution in [0.3, 0.4) is 0 Å². The van der Waals surface area contributed by atoms with Gasteiger partial charge in [0.2, 0.25) is 0 Å². The first kappa shape index (κ1) is 12.7. The molecule has 1 fully saturated rings. The first-order valence-electron chi connectivity index (χ1n) is 6.89. The molecular formula is C14H20N4S. The SMILES string of the molecule is CCN1CCCC1CNc1ccc2scnc2c1N. The zero-order valence-electron chi connectivity index (χ0n) is 11.2. The normalized spacial score (nSPS) is 20.2. The lowest BCUT2D eigenvalue weighted by Gasteiger charge is -2.23. The number of benzene rings is 1. The van der Waals surface area contributed by atoms with Crippen molar-refractivity contribution in [3.05, 3.63) is 17.6 Å². The van der Waals surface area contributed by atoms with Crippen LogP contribution in [-0.4, -0.2) is 35.6 Å². The molecule has 102 valence electrons. The number of nitrogens with one attached hydrogen (secondary N) is 1. The first-order valence-corrected chi connectivity index (χ1v) is 7.77. The standard InChI is InChI=1S/C14H20N4S/c1-2-18-7-3-4-10(18)8-16-11-5-6-12-14(13(11)15)17-9-19-12/h5-6,9-10,16H,2-4,7-8,15H2,1H3. The van der Waals surface area contributed by atoms with Gasteiger partial charge >= 0.3 is 0 Å². The Labute approximate surface area is 117 Å². The van der Waals surface area contributed by atoms with Crippen molar-refractivity contribution in [2.24, 2.45) is 0 Å². The quantitative estimate of drug-likeness (QED) is 0.843. The van der Waals surface area contributed by atoms with E-state index in [2.05, 4.69) is 34.3 Å². The Balaban J connectivity index is 1.73. The molecule has 0 amide bonds. The van der Waals surface area contributed by atoms with Crippen LogP contribution in [0.15, 0.2) is 17.6 Å². The highest BCUT2D eigenvalue weighted by Gasteiger charge is 2.22. The van der Waals surface area contributed by atoms with Crippen LogP contribution in [0.4, 0.5) is 11.4 Å². The van der Waals surface area contributed by atoms with Crippen molar-refractivity contribution in [3.63, 3.8) is 0 Å². The van der Waals surface area contributed by atoms with Gasteiger partial charge in [0.05, 0.1) is 21.6 Å². The Morgan fingerprint density at radius 3 is 3.26 bits per heavy atom. The summed E-state index contributed by atoms with van der Waals surface area (Å²) in [4.78, 5) is 6.87. The lowest BCUT2D eigenvalue weighted by Crippen LogP contribution is -2.34. The fourth-order valence-corrected chi connectivity index (χ4v) is 3.57. The molecule has 3 N–H and O–H groups in total. The predicted octanol–water partition coefficient (Wildman–Crippen LogP) is 2.77. The van der Waals surface area contributed by atoms with Crippen molar-refractivity contribution in [1.82, 2.24) is 9.88 Å². The molecule has 4 nitrogen and oxygen atoms in total. The summed E-state index contributed by atoms with van der Waals surface area (Å²) in [6.45, 7) is 5.55. The summed E-state index contributed by atoms with van der Waals surface area (Å²) < 4.78 is 1.15. The molecule has 0 bridgehead atoms. The van der Waals surface area contributed by atoms with E-state index in [0.717, 1.165) is 34.7 Å². The van der Waals surface area contributed by atoms with Crippen LogP contribution in [0.1, 0.15) is 19.8 Å². The van der Waals surface area contributed by atoms with Crippen LogP contribution in [0.25, 0.3) is 10.2 Å². The van der Waals surface area contributed by atoms with Crippen LogP contribution >= 0.6 is 11.3 Å². The van der Waals surface area contributed by atoms with Gasteiger partial charge in [0.25, 0.3) is 0 Å². The van der Waals surface area contributed by atoms with Crippen molar-refractivity contribution in [2.75, 3.05) is 30.7 Å². The Kier molecular flexibility index (Phi) is 3.57. The minimum atomic E-state index is 0.635. The lowest BCUT2D eigenvalue weighted by atomic mass is 10.2. The number of aromatic nitrogens is 1. The number of hydrogen-bond acceptors (Lipinski definition) is 5. The summed E-state index contributed by atoms with van der Waals surface area (Å²) >= 11 is 1.63. The molecule has 5 heteroatoms. The zero-order valence-corrected chi connectivity index (χ0v) is 12.0. The second-order valence-electron chi connectivity index (χ2n) is 5.03. The van der Waals surface area contributed by atoms with Gasteiger partial charge < -0.3 is 11.1 Å². The number of likely N-dealkylation sites (tertiary alicyclic amines) is 1. The van der Waals surface area contributed by atoms with E-state index in [1.54, 1.807) is 11.3 Å². The average molecular weight is 276 g/mol. The molecule has 19 heavy (non-hydrogen) atoms. The summed E-state index contributed by atoms with van der Waals surface area (Å²) in [6, 6.07) is 4.80. The fourth-order valence-electron chi connectivity index (χ4n) is 2.88. The third-order valence-corrected chi connectivity index (χ3v) is 4.77. The molecule has 3 rings (SSSR count). The summed E-state index contributed by atoms with van der Waals surface area (Å²) in [5.74, 6) is 0. The molecule has 1 atom stereocenters. The summed E-state index contributed by atoms with van der Waals surface area (Å²) in [5.41, 5.74) is 10.7. The minimum absolute atomic E-state index is 0.635. The maximum Gasteiger partial charge on any atom is 0.106 e. The van der Waals surface area contributed by atoms with Crippen LogP contribution < -0.4 is 11.1 Å². The molecule has 1 saturated heterocycles. The number of nitrogens with two attached hydrogens (primary N) is 1. The second-order valence-corrected chi connectivity index (χ2v) is 5.92. The average Bonchev–Trinajstić information content (AvgIpc) is 3.06. The molecule has 1 aliphatic heterocycles. The molecule has 2 heterocycles. The maximum absolute atomic E-state index is 6.18. The van der Waals surface area contributed by atoms with Gasteiger partial charge in [-0.05, 0) is 38.1 Å². The highest BCUT2D eigenvalue weighted by Crippen LogP contribution is 2.30. The van der Waals surface area contributed by atoms with Gasteiger partial charge in [0.1, 0.15) is 5.52 Å². The highest BCUT2D eigenvalue weighted by atomic mass is 32.1. The maximum atomic E-state index is 6.18. The summed E-state index contributed by atoms with van der Waals surface area (Å²) in [7, 11) is 0. The van der Waals surface area contributed by atoms with E-state index < -0.39 is 0 Å².